The van der Waals surface area contributed by atoms with Gasteiger partial charge in [-0.1, -0.05) is 97.1 Å². The maximum Gasteiger partial charge on any atom is 0.164 e. The van der Waals surface area contributed by atoms with Crippen molar-refractivity contribution in [2.24, 2.45) is 0 Å². The van der Waals surface area contributed by atoms with Gasteiger partial charge in [0.25, 0.3) is 0 Å². The summed E-state index contributed by atoms with van der Waals surface area (Å²) in [6.07, 6.45) is 0. The molecule has 3 aromatic heterocycles. The molecule has 2 aliphatic heterocycles. The zero-order valence-corrected chi connectivity index (χ0v) is 24.2. The predicted octanol–water partition coefficient (Wildman–Crippen LogP) is 6.90. The number of nitrogens with zero attached hydrogens (tertiary/aromatic N) is 8. The minimum absolute atomic E-state index is 0.215. The van der Waals surface area contributed by atoms with E-state index in [-0.39, 0.29) is 14.7 Å². The zero-order chi connectivity index (χ0) is 30.3. The van der Waals surface area contributed by atoms with Gasteiger partial charge >= 0.3 is 35.2 Å². The Morgan fingerprint density at radius 1 is 0.400 bits per heavy atom. The molecule has 10 nitrogen and oxygen atoms in total. The molecule has 2 N–H and O–H groups in total. The molecule has 45 heavy (non-hydrogen) atoms. The first-order valence-electron chi connectivity index (χ1n) is 13.8. The molecule has 0 saturated carbocycles. The Balaban J connectivity index is 0.000000560. The smallest absolute Gasteiger partial charge is 0.164 e. The van der Waals surface area contributed by atoms with Crippen LogP contribution in [0.3, 0.4) is 0 Å². The molecule has 5 heterocycles. The summed E-state index contributed by atoms with van der Waals surface area (Å²) in [6, 6.07) is 32.2. The van der Waals surface area contributed by atoms with Crippen LogP contribution in [-0.4, -0.2) is 39.9 Å². The average molecular weight is 626 g/mol. The molecule has 11 heteroatoms. The van der Waals surface area contributed by atoms with Crippen LogP contribution in [0.1, 0.15) is 0 Å². The molecule has 0 unspecified atom stereocenters. The molecule has 213 valence electrons. The van der Waals surface area contributed by atoms with E-state index in [0.29, 0.717) is 45.9 Å². The van der Waals surface area contributed by atoms with Crippen molar-refractivity contribution in [3.63, 3.8) is 0 Å². The van der Waals surface area contributed by atoms with Gasteiger partial charge in [-0.05, 0) is 0 Å². The van der Waals surface area contributed by atoms with Crippen molar-refractivity contribution in [1.29, 1.82) is 10.5 Å². The molecular weight excluding hydrogens is 607 g/mol. The first kappa shape index (κ1) is 26.4. The van der Waals surface area contributed by atoms with Gasteiger partial charge in [0.15, 0.2) is 23.3 Å². The molecular formula is C34H18CoN10. The summed E-state index contributed by atoms with van der Waals surface area (Å²) < 4.78 is 0. The molecule has 0 amide bonds. The van der Waals surface area contributed by atoms with E-state index in [1.54, 1.807) is 10.0 Å². The van der Waals surface area contributed by atoms with E-state index in [2.05, 4.69) is 9.97 Å². The summed E-state index contributed by atoms with van der Waals surface area (Å²) in [7, 11) is 0. The number of hydrogen-bond donors (Lipinski definition) is 2. The minimum atomic E-state index is 0.215. The third kappa shape index (κ3) is 4.48. The largest absolute Gasteiger partial charge is 0.324 e. The standard InChI is InChI=1S/C32H18N8.2CN.Co/c1-2-10-18-17(9-1)25-33-26(18)38-28-21-13-5-6-14-22(21)30(35-28)40-32-24-16-8-7-15-23(24)31(36-32)39-29-20-12-4-3-11-19(20)27(34-29)37-25;2*1-2;/h1-16H,(H2,33,34,35,36,37,38,39,40);;;. The van der Waals surface area contributed by atoms with Crippen LogP contribution in [-0.2, 0) is 14.7 Å². The quantitative estimate of drug-likeness (QED) is 0.184. The number of nitrogens with one attached hydrogen (secondary N) is 2. The third-order valence-corrected chi connectivity index (χ3v) is 7.77. The maximum atomic E-state index is 7.58. The molecule has 4 aromatic carbocycles. The van der Waals surface area contributed by atoms with Crippen molar-refractivity contribution in [3.8, 4) is 55.6 Å². The van der Waals surface area contributed by atoms with Crippen molar-refractivity contribution in [2.75, 3.05) is 0 Å². The summed E-state index contributed by atoms with van der Waals surface area (Å²) in [6.45, 7) is 0. The van der Waals surface area contributed by atoms with Crippen LogP contribution < -0.4 is 0 Å². The fourth-order valence-corrected chi connectivity index (χ4v) is 5.66. The molecule has 0 saturated heterocycles. The molecule has 9 rings (SSSR count). The predicted molar refractivity (Wildman–Crippen MR) is 167 cm³/mol. The summed E-state index contributed by atoms with van der Waals surface area (Å²) in [5.74, 6) is 2.39. The van der Waals surface area contributed by atoms with E-state index >= 15 is 0 Å². The van der Waals surface area contributed by atoms with E-state index in [1.807, 2.05) is 97.1 Å². The molecule has 0 radical (unpaired) electrons. The van der Waals surface area contributed by atoms with Crippen molar-refractivity contribution < 1.29 is 14.7 Å². The Morgan fingerprint density at radius 2 is 0.667 bits per heavy atom. The summed E-state index contributed by atoms with van der Waals surface area (Å²) in [5, 5.41) is 22.2. The van der Waals surface area contributed by atoms with E-state index in [1.165, 1.54) is 0 Å². The van der Waals surface area contributed by atoms with Gasteiger partial charge in [-0.25, -0.2) is 29.9 Å². The summed E-state index contributed by atoms with van der Waals surface area (Å²) >= 11 is 0.215. The van der Waals surface area contributed by atoms with Crippen molar-refractivity contribution in [1.82, 2.24) is 39.9 Å². The average Bonchev–Trinajstić information content (AvgIpc) is 3.81. The third-order valence-electron chi connectivity index (χ3n) is 7.53. The normalized spacial score (nSPS) is 11.2. The van der Waals surface area contributed by atoms with Gasteiger partial charge in [0.1, 0.15) is 22.6 Å². The molecule has 0 atom stereocenters. The van der Waals surface area contributed by atoms with E-state index < -0.39 is 0 Å². The maximum absolute atomic E-state index is 7.58. The molecule has 0 fully saturated rings. The van der Waals surface area contributed by atoms with Crippen LogP contribution in [0.15, 0.2) is 97.1 Å². The molecule has 8 bridgehead atoms. The summed E-state index contributed by atoms with van der Waals surface area (Å²) in [4.78, 5) is 36.8. The second-order valence-electron chi connectivity index (χ2n) is 10.0. The number of nitriles is 2. The molecule has 2 aliphatic rings. The van der Waals surface area contributed by atoms with Crippen LogP contribution in [0, 0.1) is 20.5 Å². The van der Waals surface area contributed by atoms with E-state index in [4.69, 9.17) is 40.4 Å². The Morgan fingerprint density at radius 3 is 0.911 bits per heavy atom. The van der Waals surface area contributed by atoms with Crippen LogP contribution in [0.25, 0.3) is 89.7 Å². The fraction of sp³-hybridized carbons (Fsp3) is 0. The van der Waals surface area contributed by atoms with Crippen LogP contribution >= 0.6 is 0 Å². The Bertz CT molecular complexity index is 2240. The van der Waals surface area contributed by atoms with Crippen LogP contribution in [0.2, 0.25) is 0 Å². The van der Waals surface area contributed by atoms with Gasteiger partial charge in [0, 0.05) is 43.8 Å². The first-order chi connectivity index (χ1) is 22.2. The Hall–Kier alpha value is -6.27. The second kappa shape index (κ2) is 10.8. The number of fused-ring (bicyclic) bond motifs is 20. The minimum Gasteiger partial charge on any atom is -0.324 e. The first-order valence-corrected chi connectivity index (χ1v) is 14.8. The topological polar surface area (TPSA) is 156 Å². The van der Waals surface area contributed by atoms with Gasteiger partial charge in [-0.3, -0.25) is 0 Å². The zero-order valence-electron chi connectivity index (χ0n) is 23.1. The van der Waals surface area contributed by atoms with Crippen molar-refractivity contribution in [3.05, 3.63) is 97.1 Å². The van der Waals surface area contributed by atoms with Crippen LogP contribution in [0.5, 0.6) is 0 Å². The van der Waals surface area contributed by atoms with Gasteiger partial charge in [0.2, 0.25) is 0 Å². The van der Waals surface area contributed by atoms with Gasteiger partial charge < -0.3 is 9.97 Å². The van der Waals surface area contributed by atoms with E-state index in [0.717, 1.165) is 43.8 Å². The Kier molecular flexibility index (Phi) is 6.31. The molecule has 0 aliphatic carbocycles. The van der Waals surface area contributed by atoms with Gasteiger partial charge in [-0.2, -0.15) is 0 Å². The van der Waals surface area contributed by atoms with E-state index in [9.17, 15) is 0 Å². The molecule has 7 aromatic rings. The SMILES string of the molecule is N#[C][Co][C]#N.c1ccc2c(c1)-c1nc-2nc2[nH]c(nc3nc(nc4[nH]c(n1)c1ccccc41)-c1ccccc1-3)c1ccccc21. The monoisotopic (exact) mass is 625 g/mol. The van der Waals surface area contributed by atoms with Gasteiger partial charge in [0.05, 0.1) is 0 Å². The number of rotatable bonds is 0. The van der Waals surface area contributed by atoms with Crippen molar-refractivity contribution in [2.45, 2.75) is 0 Å². The van der Waals surface area contributed by atoms with Crippen LogP contribution in [0.4, 0.5) is 0 Å². The Labute approximate surface area is 261 Å². The number of H-pyrrole nitrogens is 2. The number of aromatic nitrogens is 8. The second-order valence-corrected chi connectivity index (χ2v) is 10.8. The van der Waals surface area contributed by atoms with Gasteiger partial charge in [-0.15, -0.1) is 0 Å². The summed E-state index contributed by atoms with van der Waals surface area (Å²) in [5.41, 5.74) is 6.45. The number of benzene rings is 4. The fourth-order valence-electron chi connectivity index (χ4n) is 5.61. The number of hydrogen-bond acceptors (Lipinski definition) is 8. The van der Waals surface area contributed by atoms with Crippen molar-refractivity contribution >= 4 is 44.1 Å². The number of aromatic amines is 2. The molecule has 0 spiro atoms.